The van der Waals surface area contributed by atoms with Crippen LogP contribution in [0.15, 0.2) is 23.2 Å². The van der Waals surface area contributed by atoms with Crippen LogP contribution in [0, 0.1) is 5.92 Å². The Morgan fingerprint density at radius 1 is 1.38 bits per heavy atom. The molecule has 4 nitrogen and oxygen atoms in total. The maximum absolute atomic E-state index is 11.8. The van der Waals surface area contributed by atoms with Crippen molar-refractivity contribution in [2.75, 3.05) is 24.7 Å². The summed E-state index contributed by atoms with van der Waals surface area (Å²) in [7, 11) is 0. The van der Waals surface area contributed by atoms with Gasteiger partial charge in [0.25, 0.3) is 0 Å². The molecule has 1 amide bonds. The number of hydrogen-bond donors (Lipinski definition) is 2. The highest BCUT2D eigenvalue weighted by atomic mass is 35.5. The van der Waals surface area contributed by atoms with Gasteiger partial charge in [0.15, 0.2) is 0 Å². The molecule has 2 rings (SSSR count). The SMILES string of the molecule is CSc1ccc(NC(=O)CCC2CCNCC2)nc1.Cl.Cl. The minimum Gasteiger partial charge on any atom is -0.317 e. The molecule has 1 aromatic heterocycles. The molecule has 0 spiro atoms. The fraction of sp³-hybridized carbons (Fsp3) is 0.571. The Morgan fingerprint density at radius 3 is 2.67 bits per heavy atom. The van der Waals surface area contributed by atoms with Gasteiger partial charge in [0.05, 0.1) is 0 Å². The summed E-state index contributed by atoms with van der Waals surface area (Å²) < 4.78 is 0. The molecule has 0 unspecified atom stereocenters. The number of nitrogens with zero attached hydrogens (tertiary/aromatic N) is 1. The number of nitrogens with one attached hydrogen (secondary N) is 2. The standard InChI is InChI=1S/C14H21N3OS.2ClH/c1-19-12-3-4-13(16-10-12)17-14(18)5-2-11-6-8-15-9-7-11;;/h3-4,10-11,15H,2,5-9H2,1H3,(H,16,17,18);2*1H. The third kappa shape index (κ3) is 7.36. The highest BCUT2D eigenvalue weighted by Gasteiger charge is 2.14. The maximum atomic E-state index is 11.8. The first-order valence-corrected chi connectivity index (χ1v) is 8.01. The van der Waals surface area contributed by atoms with E-state index in [1.165, 1.54) is 12.8 Å². The maximum Gasteiger partial charge on any atom is 0.225 e. The van der Waals surface area contributed by atoms with E-state index in [-0.39, 0.29) is 30.7 Å². The van der Waals surface area contributed by atoms with E-state index in [0.29, 0.717) is 18.2 Å². The number of hydrogen-bond acceptors (Lipinski definition) is 4. The van der Waals surface area contributed by atoms with Crippen LogP contribution in [0.2, 0.25) is 0 Å². The fourth-order valence-corrected chi connectivity index (χ4v) is 2.65. The van der Waals surface area contributed by atoms with Crippen molar-refractivity contribution in [1.29, 1.82) is 0 Å². The molecule has 7 heteroatoms. The number of aromatic nitrogens is 1. The van der Waals surface area contributed by atoms with E-state index in [4.69, 9.17) is 0 Å². The highest BCUT2D eigenvalue weighted by molar-refractivity contribution is 7.98. The molecule has 120 valence electrons. The largest absolute Gasteiger partial charge is 0.317 e. The minimum atomic E-state index is 0. The van der Waals surface area contributed by atoms with Crippen LogP contribution in [-0.4, -0.2) is 30.2 Å². The Morgan fingerprint density at radius 2 is 2.10 bits per heavy atom. The van der Waals surface area contributed by atoms with Crippen molar-refractivity contribution in [1.82, 2.24) is 10.3 Å². The fourth-order valence-electron chi connectivity index (χ4n) is 2.29. The average Bonchev–Trinajstić information content (AvgIpc) is 2.47. The number of piperidine rings is 1. The van der Waals surface area contributed by atoms with Crippen LogP contribution in [0.5, 0.6) is 0 Å². The summed E-state index contributed by atoms with van der Waals surface area (Å²) in [6, 6.07) is 3.83. The van der Waals surface area contributed by atoms with Crippen LogP contribution in [0.25, 0.3) is 0 Å². The van der Waals surface area contributed by atoms with Crippen molar-refractivity contribution in [3.8, 4) is 0 Å². The molecule has 1 aliphatic rings. The molecule has 1 aliphatic heterocycles. The average molecular weight is 352 g/mol. The molecule has 1 aromatic rings. The molecule has 0 aliphatic carbocycles. The first-order chi connectivity index (χ1) is 9.28. The predicted octanol–water partition coefficient (Wildman–Crippen LogP) is 3.37. The number of carbonyl (C=O) groups excluding carboxylic acids is 1. The third-order valence-electron chi connectivity index (χ3n) is 3.48. The molecule has 0 saturated carbocycles. The van der Waals surface area contributed by atoms with Crippen molar-refractivity contribution >= 4 is 48.3 Å². The summed E-state index contributed by atoms with van der Waals surface area (Å²) in [6.45, 7) is 2.17. The molecular weight excluding hydrogens is 329 g/mol. The monoisotopic (exact) mass is 351 g/mol. The molecule has 2 heterocycles. The first kappa shape index (κ1) is 20.5. The number of rotatable bonds is 5. The molecule has 21 heavy (non-hydrogen) atoms. The molecular formula is C14H23Cl2N3OS. The summed E-state index contributed by atoms with van der Waals surface area (Å²) in [5.74, 6) is 1.41. The Balaban J connectivity index is 0.00000200. The lowest BCUT2D eigenvalue weighted by Crippen LogP contribution is -2.28. The molecule has 1 saturated heterocycles. The van der Waals surface area contributed by atoms with Crippen molar-refractivity contribution in [3.05, 3.63) is 18.3 Å². The summed E-state index contributed by atoms with van der Waals surface area (Å²) in [5.41, 5.74) is 0. The Labute approximate surface area is 143 Å². The van der Waals surface area contributed by atoms with Crippen LogP contribution < -0.4 is 10.6 Å². The number of amides is 1. The third-order valence-corrected chi connectivity index (χ3v) is 4.19. The van der Waals surface area contributed by atoms with Gasteiger partial charge in [-0.2, -0.15) is 0 Å². The topological polar surface area (TPSA) is 54.0 Å². The molecule has 0 radical (unpaired) electrons. The van der Waals surface area contributed by atoms with Gasteiger partial charge in [0.2, 0.25) is 5.91 Å². The van der Waals surface area contributed by atoms with Crippen molar-refractivity contribution in [2.24, 2.45) is 5.92 Å². The number of halogens is 2. The smallest absolute Gasteiger partial charge is 0.225 e. The van der Waals surface area contributed by atoms with E-state index in [9.17, 15) is 4.79 Å². The highest BCUT2D eigenvalue weighted by Crippen LogP contribution is 2.18. The van der Waals surface area contributed by atoms with Crippen LogP contribution in [0.3, 0.4) is 0 Å². The first-order valence-electron chi connectivity index (χ1n) is 6.78. The second-order valence-electron chi connectivity index (χ2n) is 4.86. The lowest BCUT2D eigenvalue weighted by Gasteiger charge is -2.22. The van der Waals surface area contributed by atoms with Crippen molar-refractivity contribution in [2.45, 2.75) is 30.6 Å². The van der Waals surface area contributed by atoms with Gasteiger partial charge in [0.1, 0.15) is 5.82 Å². The number of carbonyl (C=O) groups is 1. The van der Waals surface area contributed by atoms with Crippen molar-refractivity contribution < 1.29 is 4.79 Å². The van der Waals surface area contributed by atoms with Crippen LogP contribution in [-0.2, 0) is 4.79 Å². The second-order valence-corrected chi connectivity index (χ2v) is 5.74. The van der Waals surface area contributed by atoms with Crippen LogP contribution >= 0.6 is 36.6 Å². The Kier molecular flexibility index (Phi) is 10.9. The molecule has 1 fully saturated rings. The zero-order valence-electron chi connectivity index (χ0n) is 12.1. The van der Waals surface area contributed by atoms with Gasteiger partial charge in [0, 0.05) is 17.5 Å². The van der Waals surface area contributed by atoms with E-state index in [1.807, 2.05) is 18.4 Å². The summed E-state index contributed by atoms with van der Waals surface area (Å²) >= 11 is 1.64. The molecule has 0 aromatic carbocycles. The zero-order valence-corrected chi connectivity index (χ0v) is 14.6. The lowest BCUT2D eigenvalue weighted by atomic mass is 9.93. The van der Waals surface area contributed by atoms with Gasteiger partial charge in [-0.05, 0) is 56.7 Å². The van der Waals surface area contributed by atoms with Gasteiger partial charge < -0.3 is 10.6 Å². The predicted molar refractivity (Wildman–Crippen MR) is 94.0 cm³/mol. The second kappa shape index (κ2) is 11.1. The summed E-state index contributed by atoms with van der Waals surface area (Å²) in [5, 5.41) is 6.20. The van der Waals surface area contributed by atoms with E-state index in [0.717, 1.165) is 24.4 Å². The molecule has 2 N–H and O–H groups in total. The number of anilines is 1. The number of pyridine rings is 1. The quantitative estimate of drug-likeness (QED) is 0.798. The van der Waals surface area contributed by atoms with Crippen molar-refractivity contribution in [3.63, 3.8) is 0 Å². The number of thioether (sulfide) groups is 1. The van der Waals surface area contributed by atoms with Gasteiger partial charge >= 0.3 is 0 Å². The van der Waals surface area contributed by atoms with E-state index < -0.39 is 0 Å². The normalized spacial score (nSPS) is 14.7. The molecule has 0 bridgehead atoms. The summed E-state index contributed by atoms with van der Waals surface area (Å²) in [4.78, 5) is 17.2. The van der Waals surface area contributed by atoms with Gasteiger partial charge in [-0.1, -0.05) is 0 Å². The van der Waals surface area contributed by atoms with Crippen LogP contribution in [0.1, 0.15) is 25.7 Å². The Hall–Kier alpha value is -0.490. The zero-order chi connectivity index (χ0) is 13.5. The van der Waals surface area contributed by atoms with Gasteiger partial charge in [-0.3, -0.25) is 4.79 Å². The minimum absolute atomic E-state index is 0. The van der Waals surface area contributed by atoms with Crippen LogP contribution in [0.4, 0.5) is 5.82 Å². The van der Waals surface area contributed by atoms with E-state index >= 15 is 0 Å². The van der Waals surface area contributed by atoms with E-state index in [2.05, 4.69) is 15.6 Å². The summed E-state index contributed by atoms with van der Waals surface area (Å²) in [6.07, 6.45) is 7.75. The van der Waals surface area contributed by atoms with Gasteiger partial charge in [-0.25, -0.2) is 4.98 Å². The van der Waals surface area contributed by atoms with Gasteiger partial charge in [-0.15, -0.1) is 36.6 Å². The van der Waals surface area contributed by atoms with E-state index in [1.54, 1.807) is 18.0 Å². The Bertz CT molecular complexity index is 411. The lowest BCUT2D eigenvalue weighted by molar-refractivity contribution is -0.116. The molecule has 0 atom stereocenters.